The van der Waals surface area contributed by atoms with Crippen LogP contribution in [-0.2, 0) is 9.47 Å². The minimum atomic E-state index is -0.496. The second-order valence-electron chi connectivity index (χ2n) is 7.10. The van der Waals surface area contributed by atoms with E-state index in [2.05, 4.69) is 5.32 Å². The maximum Gasteiger partial charge on any atom is 0.407 e. The number of carbonyl (C=O) groups excluding carboxylic acids is 1. The molecule has 1 unspecified atom stereocenters. The van der Waals surface area contributed by atoms with Crippen molar-refractivity contribution in [2.24, 2.45) is 11.3 Å². The lowest BCUT2D eigenvalue weighted by molar-refractivity contribution is 0.0416. The summed E-state index contributed by atoms with van der Waals surface area (Å²) in [5.41, 5.74) is -0.700. The Hall–Kier alpha value is -0.810. The van der Waals surface area contributed by atoms with Crippen LogP contribution in [0.5, 0.6) is 0 Å². The summed E-state index contributed by atoms with van der Waals surface area (Å²) in [5, 5.41) is 12.7. The fraction of sp³-hybridized carbons (Fsp3) is 0.938. The van der Waals surface area contributed by atoms with Crippen molar-refractivity contribution in [2.45, 2.75) is 58.5 Å². The molecule has 5 nitrogen and oxygen atoms in total. The molecule has 124 valence electrons. The fourth-order valence-corrected chi connectivity index (χ4v) is 2.68. The monoisotopic (exact) mass is 301 g/mol. The normalized spacial score (nSPS) is 18.1. The molecule has 1 fully saturated rings. The fourth-order valence-electron chi connectivity index (χ4n) is 2.68. The first kappa shape index (κ1) is 18.2. The van der Waals surface area contributed by atoms with Crippen LogP contribution >= 0.6 is 0 Å². The molecule has 1 atom stereocenters. The largest absolute Gasteiger partial charge is 0.444 e. The number of aliphatic hydroxyl groups excluding tert-OH is 1. The van der Waals surface area contributed by atoms with Crippen molar-refractivity contribution in [3.63, 3.8) is 0 Å². The number of carbonyl (C=O) groups is 1. The van der Waals surface area contributed by atoms with Gasteiger partial charge >= 0.3 is 6.09 Å². The molecule has 0 bridgehead atoms. The lowest BCUT2D eigenvalue weighted by Gasteiger charge is -2.33. The number of hydrogen-bond donors (Lipinski definition) is 2. The molecule has 0 aliphatic heterocycles. The van der Waals surface area contributed by atoms with E-state index >= 15 is 0 Å². The molecule has 5 heteroatoms. The summed E-state index contributed by atoms with van der Waals surface area (Å²) in [4.78, 5) is 11.8. The molecule has 1 amide bonds. The van der Waals surface area contributed by atoms with Gasteiger partial charge in [-0.15, -0.1) is 0 Å². The smallest absolute Gasteiger partial charge is 0.407 e. The van der Waals surface area contributed by atoms with Crippen molar-refractivity contribution in [1.82, 2.24) is 5.32 Å². The number of unbranched alkanes of at least 4 members (excludes halogenated alkanes) is 1. The molecular weight excluding hydrogens is 270 g/mol. The SMILES string of the molecule is COCCCCC(CO)(CNC(=O)OC(C)(C)C)C1CC1. The number of rotatable bonds is 9. The zero-order chi connectivity index (χ0) is 15.9. The van der Waals surface area contributed by atoms with Crippen molar-refractivity contribution >= 4 is 6.09 Å². The van der Waals surface area contributed by atoms with Gasteiger partial charge in [-0.2, -0.15) is 0 Å². The van der Waals surface area contributed by atoms with Crippen molar-refractivity contribution < 1.29 is 19.4 Å². The molecule has 2 N–H and O–H groups in total. The van der Waals surface area contributed by atoms with Crippen LogP contribution < -0.4 is 5.32 Å². The molecule has 1 aliphatic carbocycles. The Labute approximate surface area is 128 Å². The van der Waals surface area contributed by atoms with Crippen LogP contribution in [0.25, 0.3) is 0 Å². The number of amides is 1. The van der Waals surface area contributed by atoms with Crippen LogP contribution in [0.4, 0.5) is 4.79 Å². The quantitative estimate of drug-likeness (QED) is 0.643. The molecule has 0 aromatic rings. The van der Waals surface area contributed by atoms with E-state index in [1.54, 1.807) is 7.11 Å². The van der Waals surface area contributed by atoms with Gasteiger partial charge in [-0.1, -0.05) is 6.42 Å². The zero-order valence-electron chi connectivity index (χ0n) is 13.9. The van der Waals surface area contributed by atoms with Gasteiger partial charge < -0.3 is 19.9 Å². The van der Waals surface area contributed by atoms with Gasteiger partial charge in [0.15, 0.2) is 0 Å². The summed E-state index contributed by atoms with van der Waals surface area (Å²) >= 11 is 0. The van der Waals surface area contributed by atoms with Gasteiger partial charge in [-0.25, -0.2) is 4.79 Å². The van der Waals surface area contributed by atoms with Gasteiger partial charge in [0.05, 0.1) is 6.61 Å². The first-order valence-electron chi connectivity index (χ1n) is 7.89. The molecule has 0 aromatic carbocycles. The maximum atomic E-state index is 11.8. The highest BCUT2D eigenvalue weighted by molar-refractivity contribution is 5.67. The average Bonchev–Trinajstić information content (AvgIpc) is 3.21. The van der Waals surface area contributed by atoms with Crippen molar-refractivity contribution in [3.8, 4) is 0 Å². The van der Waals surface area contributed by atoms with Gasteiger partial charge in [0.1, 0.15) is 5.60 Å². The van der Waals surface area contributed by atoms with Crippen LogP contribution in [0.15, 0.2) is 0 Å². The summed E-state index contributed by atoms with van der Waals surface area (Å²) in [6.45, 7) is 6.87. The van der Waals surface area contributed by atoms with Gasteiger partial charge in [0.25, 0.3) is 0 Å². The molecule has 0 saturated heterocycles. The summed E-state index contributed by atoms with van der Waals surface area (Å²) in [6.07, 6.45) is 4.77. The third-order valence-corrected chi connectivity index (χ3v) is 4.02. The molecule has 0 heterocycles. The minimum absolute atomic E-state index is 0.112. The molecule has 0 aromatic heterocycles. The van der Waals surface area contributed by atoms with E-state index in [4.69, 9.17) is 9.47 Å². The lowest BCUT2D eigenvalue weighted by atomic mass is 9.78. The van der Waals surface area contributed by atoms with E-state index in [9.17, 15) is 9.90 Å². The predicted octanol–water partition coefficient (Wildman–Crippen LogP) is 2.72. The molecule has 1 saturated carbocycles. The predicted molar refractivity (Wildman–Crippen MR) is 82.2 cm³/mol. The van der Waals surface area contributed by atoms with E-state index in [0.717, 1.165) is 38.7 Å². The number of aliphatic hydroxyl groups is 1. The zero-order valence-corrected chi connectivity index (χ0v) is 13.9. The second-order valence-corrected chi connectivity index (χ2v) is 7.10. The highest BCUT2D eigenvalue weighted by Crippen LogP contribution is 2.48. The Morgan fingerprint density at radius 3 is 2.43 bits per heavy atom. The summed E-state index contributed by atoms with van der Waals surface area (Å²) in [7, 11) is 1.70. The number of nitrogens with one attached hydrogen (secondary N) is 1. The van der Waals surface area contributed by atoms with Gasteiger partial charge in [0, 0.05) is 25.7 Å². The van der Waals surface area contributed by atoms with Crippen molar-refractivity contribution in [3.05, 3.63) is 0 Å². The first-order chi connectivity index (χ1) is 9.83. The van der Waals surface area contributed by atoms with E-state index in [-0.39, 0.29) is 12.0 Å². The topological polar surface area (TPSA) is 67.8 Å². The molecule has 1 aliphatic rings. The summed E-state index contributed by atoms with van der Waals surface area (Å²) < 4.78 is 10.3. The Balaban J connectivity index is 2.47. The van der Waals surface area contributed by atoms with E-state index in [0.29, 0.717) is 12.5 Å². The van der Waals surface area contributed by atoms with E-state index in [1.165, 1.54) is 0 Å². The van der Waals surface area contributed by atoms with Crippen molar-refractivity contribution in [1.29, 1.82) is 0 Å². The third-order valence-electron chi connectivity index (χ3n) is 4.02. The van der Waals surface area contributed by atoms with Crippen LogP contribution in [0.2, 0.25) is 0 Å². The Morgan fingerprint density at radius 1 is 1.29 bits per heavy atom. The number of methoxy groups -OCH3 is 1. The highest BCUT2D eigenvalue weighted by Gasteiger charge is 2.44. The Morgan fingerprint density at radius 2 is 1.95 bits per heavy atom. The van der Waals surface area contributed by atoms with Crippen LogP contribution in [-0.4, -0.2) is 43.7 Å². The lowest BCUT2D eigenvalue weighted by Crippen LogP contribution is -2.43. The number of ether oxygens (including phenoxy) is 2. The molecule has 0 spiro atoms. The van der Waals surface area contributed by atoms with Crippen molar-refractivity contribution in [2.75, 3.05) is 26.9 Å². The molecule has 0 radical (unpaired) electrons. The standard InChI is InChI=1S/C16H31NO4/c1-15(2,3)21-14(19)17-11-16(12-18,13-7-8-13)9-5-6-10-20-4/h13,18H,5-12H2,1-4H3,(H,17,19). The molecule has 21 heavy (non-hydrogen) atoms. The second kappa shape index (κ2) is 7.99. The molecule has 1 rings (SSSR count). The third kappa shape index (κ3) is 6.66. The summed E-state index contributed by atoms with van der Waals surface area (Å²) in [6, 6.07) is 0. The number of alkyl carbamates (subject to hydrolysis) is 1. The number of hydrogen-bond acceptors (Lipinski definition) is 4. The maximum absolute atomic E-state index is 11.8. The van der Waals surface area contributed by atoms with Crippen LogP contribution in [0.3, 0.4) is 0 Å². The van der Waals surface area contributed by atoms with Gasteiger partial charge in [-0.3, -0.25) is 0 Å². The average molecular weight is 301 g/mol. The van der Waals surface area contributed by atoms with Crippen LogP contribution in [0.1, 0.15) is 52.9 Å². The van der Waals surface area contributed by atoms with E-state index in [1.807, 2.05) is 20.8 Å². The Kier molecular flexibility index (Phi) is 6.94. The van der Waals surface area contributed by atoms with E-state index < -0.39 is 11.7 Å². The van der Waals surface area contributed by atoms with Gasteiger partial charge in [0.2, 0.25) is 0 Å². The Bertz CT molecular complexity index is 323. The highest BCUT2D eigenvalue weighted by atomic mass is 16.6. The summed E-state index contributed by atoms with van der Waals surface area (Å²) in [5.74, 6) is 0.514. The molecular formula is C16H31NO4. The van der Waals surface area contributed by atoms with Gasteiger partial charge in [-0.05, 0) is 52.4 Å². The first-order valence-corrected chi connectivity index (χ1v) is 7.89. The van der Waals surface area contributed by atoms with Crippen LogP contribution in [0, 0.1) is 11.3 Å². The minimum Gasteiger partial charge on any atom is -0.444 e.